The van der Waals surface area contributed by atoms with E-state index in [0.29, 0.717) is 56.2 Å². The Labute approximate surface area is 377 Å². The second kappa shape index (κ2) is 17.5. The molecule has 0 spiro atoms. The van der Waals surface area contributed by atoms with Gasteiger partial charge in [-0.1, -0.05) is 89.1 Å². The molecule has 2 aliphatic heterocycles. The van der Waals surface area contributed by atoms with E-state index >= 15 is 0 Å². The summed E-state index contributed by atoms with van der Waals surface area (Å²) < 4.78 is 48.5. The van der Waals surface area contributed by atoms with E-state index in [2.05, 4.69) is 16.4 Å². The van der Waals surface area contributed by atoms with Gasteiger partial charge in [-0.05, 0) is 108 Å². The molecule has 5 aromatic carbocycles. The van der Waals surface area contributed by atoms with Crippen molar-refractivity contribution in [1.29, 1.82) is 5.26 Å². The van der Waals surface area contributed by atoms with E-state index in [9.17, 15) is 23.1 Å². The molecule has 0 aliphatic carbocycles. The third-order valence-corrected chi connectivity index (χ3v) is 15.2. The number of carbonyl (C=O) groups excluding carboxylic acids is 1. The summed E-state index contributed by atoms with van der Waals surface area (Å²) in [6.07, 6.45) is -0.686. The number of carbonyl (C=O) groups is 2. The average molecular weight is 925 g/mol. The molecule has 13 nitrogen and oxygen atoms in total. The quantitative estimate of drug-likeness (QED) is 0.107. The van der Waals surface area contributed by atoms with Gasteiger partial charge in [-0.2, -0.15) is 9.57 Å². The van der Waals surface area contributed by atoms with Crippen LogP contribution >= 0.6 is 34.5 Å². The van der Waals surface area contributed by atoms with Crippen LogP contribution in [0.3, 0.4) is 0 Å². The number of sulfonamides is 1. The maximum Gasteiger partial charge on any atom is 0.329 e. The van der Waals surface area contributed by atoms with E-state index < -0.39 is 39.6 Å². The molecule has 0 saturated carbocycles. The SMILES string of the molecule is Cc1nc(N)sc1S(=O)(=O)N1Cc2cc3c(cc2C[C@H]1C(=O)N[C@@](C)(Cc1ccc(-c2ccc(C#N)cc2)cc1)C(=O)O)OCC(c1ccc(OCc2ccc(Cl)c(Cl)c2)cc1)O3. The van der Waals surface area contributed by atoms with Crippen molar-refractivity contribution >= 4 is 61.6 Å². The minimum Gasteiger partial charge on any atom is -0.489 e. The Morgan fingerprint density at radius 3 is 2.27 bits per heavy atom. The average Bonchev–Trinajstić information content (AvgIpc) is 3.63. The fraction of sp³-hybridized carbons (Fsp3) is 0.217. The molecule has 0 radical (unpaired) electrons. The van der Waals surface area contributed by atoms with E-state index in [-0.39, 0.29) is 41.0 Å². The van der Waals surface area contributed by atoms with E-state index in [1.54, 1.807) is 48.5 Å². The van der Waals surface area contributed by atoms with Crippen LogP contribution < -0.4 is 25.3 Å². The first-order valence-electron chi connectivity index (χ1n) is 19.6. The Balaban J connectivity index is 1.02. The normalized spacial score (nSPS) is 16.9. The van der Waals surface area contributed by atoms with Crippen LogP contribution in [0.15, 0.2) is 107 Å². The molecule has 3 atom stereocenters. The smallest absolute Gasteiger partial charge is 0.329 e. The van der Waals surface area contributed by atoms with Crippen molar-refractivity contribution in [3.05, 3.63) is 152 Å². The number of carboxylic acids is 1. The summed E-state index contributed by atoms with van der Waals surface area (Å²) in [5.41, 5.74) is 10.1. The van der Waals surface area contributed by atoms with Crippen LogP contribution in [0, 0.1) is 18.3 Å². The molecule has 2 aliphatic rings. The number of anilines is 1. The molecule has 0 saturated heterocycles. The summed E-state index contributed by atoms with van der Waals surface area (Å²) in [5, 5.41) is 23.3. The number of nitrogens with two attached hydrogens (primary N) is 1. The van der Waals surface area contributed by atoms with Gasteiger partial charge in [-0.3, -0.25) is 4.79 Å². The number of thiazole rings is 1. The number of aliphatic carboxylic acids is 1. The highest BCUT2D eigenvalue weighted by Crippen LogP contribution is 2.42. The van der Waals surface area contributed by atoms with Crippen LogP contribution in [-0.4, -0.2) is 52.9 Å². The third-order valence-electron chi connectivity index (χ3n) is 11.0. The van der Waals surface area contributed by atoms with Gasteiger partial charge < -0.3 is 30.4 Å². The van der Waals surface area contributed by atoms with Gasteiger partial charge >= 0.3 is 5.97 Å². The number of carboxylic acid groups (broad SMARTS) is 1. The van der Waals surface area contributed by atoms with Crippen molar-refractivity contribution in [1.82, 2.24) is 14.6 Å². The van der Waals surface area contributed by atoms with Gasteiger partial charge in [0.1, 0.15) is 30.5 Å². The van der Waals surface area contributed by atoms with Crippen molar-refractivity contribution < 1.29 is 37.3 Å². The number of aryl methyl sites for hydroxylation is 1. The molecule has 6 aromatic rings. The van der Waals surface area contributed by atoms with E-state index in [1.807, 2.05) is 54.6 Å². The lowest BCUT2D eigenvalue weighted by Crippen LogP contribution is -2.60. The third kappa shape index (κ3) is 9.18. The lowest BCUT2D eigenvalue weighted by Gasteiger charge is -2.38. The van der Waals surface area contributed by atoms with Crippen LogP contribution in [-0.2, 0) is 45.6 Å². The molecule has 1 unspecified atom stereocenters. The number of nitrogens with zero attached hydrogens (tertiary/aromatic N) is 3. The number of nitrogens with one attached hydrogen (secondary N) is 1. The molecule has 0 fully saturated rings. The number of hydrogen-bond acceptors (Lipinski definition) is 11. The van der Waals surface area contributed by atoms with Crippen LogP contribution in [0.4, 0.5) is 5.13 Å². The Kier molecular flexibility index (Phi) is 12.1. The van der Waals surface area contributed by atoms with Gasteiger partial charge in [0.25, 0.3) is 10.0 Å². The summed E-state index contributed by atoms with van der Waals surface area (Å²) in [6.45, 7) is 3.15. The van der Waals surface area contributed by atoms with Crippen molar-refractivity contribution in [3.8, 4) is 34.4 Å². The maximum atomic E-state index is 14.5. The second-order valence-electron chi connectivity index (χ2n) is 15.5. The Hall–Kier alpha value is -6.15. The fourth-order valence-corrected chi connectivity index (χ4v) is 10.9. The molecule has 1 aromatic heterocycles. The number of fused-ring (bicyclic) bond motifs is 2. The van der Waals surface area contributed by atoms with Crippen LogP contribution in [0.25, 0.3) is 11.1 Å². The van der Waals surface area contributed by atoms with E-state index in [1.165, 1.54) is 13.8 Å². The standard InChI is InChI=1S/C46H39Cl2N5O8S2/c1-26-43(62-45(50)51-26)63(57,58)53-23-34-20-40-39(60-25-41(61-40)32-12-14-35(15-13-32)59-24-29-7-16-36(47)37(48)17-29)19-33(34)18-38(53)42(54)52-46(2,44(55)56)21-27-3-8-30(9-4-27)31-10-5-28(22-49)6-11-31/h3-17,19-20,38,41H,18,21,23-25H2,1-2H3,(H2,50,51)(H,52,54)(H,55,56)/t38-,41?,46-/m0/s1. The van der Waals surface area contributed by atoms with E-state index in [0.717, 1.165) is 37.9 Å². The van der Waals surface area contributed by atoms with Crippen LogP contribution in [0.2, 0.25) is 10.0 Å². The zero-order valence-corrected chi connectivity index (χ0v) is 36.9. The summed E-state index contributed by atoms with van der Waals surface area (Å²) in [6, 6.07) is 31.2. The largest absolute Gasteiger partial charge is 0.489 e. The topological polar surface area (TPSA) is 194 Å². The molecular weight excluding hydrogens is 886 g/mol. The highest BCUT2D eigenvalue weighted by Gasteiger charge is 2.45. The molecule has 8 rings (SSSR count). The van der Waals surface area contributed by atoms with Crippen molar-refractivity contribution in [2.75, 3.05) is 12.3 Å². The Morgan fingerprint density at radius 1 is 0.968 bits per heavy atom. The number of amides is 1. The minimum absolute atomic E-state index is 0.0462. The maximum absolute atomic E-state index is 14.5. The lowest BCUT2D eigenvalue weighted by molar-refractivity contribution is -0.147. The van der Waals surface area contributed by atoms with Crippen LogP contribution in [0.1, 0.15) is 52.1 Å². The Morgan fingerprint density at radius 2 is 1.63 bits per heavy atom. The molecule has 0 bridgehead atoms. The van der Waals surface area contributed by atoms with Crippen LogP contribution in [0.5, 0.6) is 17.2 Å². The summed E-state index contributed by atoms with van der Waals surface area (Å²) in [7, 11) is -4.40. The Bertz CT molecular complexity index is 2890. The highest BCUT2D eigenvalue weighted by atomic mass is 35.5. The number of nitrogen functional groups attached to an aromatic ring is 1. The fourth-order valence-electron chi connectivity index (χ4n) is 7.58. The van der Waals surface area contributed by atoms with Gasteiger partial charge in [0, 0.05) is 13.0 Å². The number of ether oxygens (including phenoxy) is 3. The number of halogens is 2. The van der Waals surface area contributed by atoms with Gasteiger partial charge in [0.2, 0.25) is 5.91 Å². The predicted molar refractivity (Wildman–Crippen MR) is 239 cm³/mol. The molecule has 4 N–H and O–H groups in total. The number of nitriles is 1. The van der Waals surface area contributed by atoms with E-state index in [4.69, 9.17) is 48.4 Å². The summed E-state index contributed by atoms with van der Waals surface area (Å²) in [5.74, 6) is -0.645. The highest BCUT2D eigenvalue weighted by molar-refractivity contribution is 7.91. The number of rotatable bonds is 12. The second-order valence-corrected chi connectivity index (χ2v) is 19.4. The lowest BCUT2D eigenvalue weighted by atomic mass is 9.90. The first-order valence-corrected chi connectivity index (χ1v) is 22.6. The van der Waals surface area contributed by atoms with Gasteiger partial charge in [-0.15, -0.1) is 0 Å². The van der Waals surface area contributed by atoms with Gasteiger partial charge in [0.15, 0.2) is 26.9 Å². The first-order chi connectivity index (χ1) is 30.1. The zero-order valence-electron chi connectivity index (χ0n) is 33.8. The number of benzene rings is 5. The summed E-state index contributed by atoms with van der Waals surface area (Å²) in [4.78, 5) is 31.5. The molecule has 1 amide bonds. The monoisotopic (exact) mass is 923 g/mol. The zero-order chi connectivity index (χ0) is 44.6. The first kappa shape index (κ1) is 43.5. The molecule has 17 heteroatoms. The number of aromatic nitrogens is 1. The molecule has 3 heterocycles. The predicted octanol–water partition coefficient (Wildman–Crippen LogP) is 8.29. The molecule has 322 valence electrons. The minimum atomic E-state index is -4.40. The van der Waals surface area contributed by atoms with Crippen molar-refractivity contribution in [3.63, 3.8) is 0 Å². The van der Waals surface area contributed by atoms with Gasteiger partial charge in [-0.25, -0.2) is 18.2 Å². The van der Waals surface area contributed by atoms with Gasteiger partial charge in [0.05, 0.1) is 27.4 Å². The summed E-state index contributed by atoms with van der Waals surface area (Å²) >= 11 is 13.0. The van der Waals surface area contributed by atoms with Crippen molar-refractivity contribution in [2.45, 2.75) is 61.7 Å². The molecular formula is C46H39Cl2N5O8S2. The van der Waals surface area contributed by atoms with Crippen molar-refractivity contribution in [2.24, 2.45) is 0 Å². The number of hydrogen-bond donors (Lipinski definition) is 3. The molecule has 63 heavy (non-hydrogen) atoms.